The largest absolute Gasteiger partial charge is 0.493 e. The van der Waals surface area contributed by atoms with E-state index in [1.807, 2.05) is 70.4 Å². The Morgan fingerprint density at radius 1 is 1.23 bits per heavy atom. The van der Waals surface area contributed by atoms with Crippen molar-refractivity contribution < 1.29 is 14.3 Å². The van der Waals surface area contributed by atoms with E-state index >= 15 is 0 Å². The molecule has 1 saturated heterocycles. The second-order valence-corrected chi connectivity index (χ2v) is 8.78. The second-order valence-electron chi connectivity index (χ2n) is 8.78. The molecule has 0 N–H and O–H groups in total. The molecule has 3 rings (SSSR count). The summed E-state index contributed by atoms with van der Waals surface area (Å²) >= 11 is 0. The standard InChI is InChI=1S/C24H33N3O3/c1-5-27(23(28)30-24(2,3)4)21-8-10-22(11-9-21)29-18-20-12-14-26(17-20)16-19-7-6-13-25-15-19/h6-11,13,15,20H,5,12,14,16-18H2,1-4H3/t20-/m1/s1. The zero-order valence-electron chi connectivity index (χ0n) is 18.5. The minimum Gasteiger partial charge on any atom is -0.493 e. The molecule has 0 saturated carbocycles. The number of likely N-dealkylation sites (tertiary alicyclic amines) is 1. The van der Waals surface area contributed by atoms with Crippen molar-refractivity contribution in [2.75, 3.05) is 31.1 Å². The number of anilines is 1. The highest BCUT2D eigenvalue weighted by molar-refractivity contribution is 5.87. The summed E-state index contributed by atoms with van der Waals surface area (Å²) in [5.74, 6) is 1.35. The number of rotatable bonds is 7. The van der Waals surface area contributed by atoms with Gasteiger partial charge < -0.3 is 9.47 Å². The fraction of sp³-hybridized carbons (Fsp3) is 0.500. The Morgan fingerprint density at radius 2 is 2.00 bits per heavy atom. The van der Waals surface area contributed by atoms with Crippen LogP contribution in [0.4, 0.5) is 10.5 Å². The molecule has 30 heavy (non-hydrogen) atoms. The molecule has 1 aromatic carbocycles. The Morgan fingerprint density at radius 3 is 2.63 bits per heavy atom. The molecule has 0 bridgehead atoms. The smallest absolute Gasteiger partial charge is 0.414 e. The van der Waals surface area contributed by atoms with Gasteiger partial charge in [-0.2, -0.15) is 0 Å². The van der Waals surface area contributed by atoms with Crippen LogP contribution >= 0.6 is 0 Å². The van der Waals surface area contributed by atoms with Gasteiger partial charge in [0, 0.05) is 43.6 Å². The minimum atomic E-state index is -0.514. The number of nitrogens with zero attached hydrogens (tertiary/aromatic N) is 3. The maximum absolute atomic E-state index is 12.4. The summed E-state index contributed by atoms with van der Waals surface area (Å²) < 4.78 is 11.5. The molecule has 0 radical (unpaired) electrons. The quantitative estimate of drug-likeness (QED) is 0.658. The lowest BCUT2D eigenvalue weighted by Gasteiger charge is -2.26. The van der Waals surface area contributed by atoms with Gasteiger partial charge in [0.2, 0.25) is 0 Å². The number of benzene rings is 1. The highest BCUT2D eigenvalue weighted by Crippen LogP contribution is 2.24. The summed E-state index contributed by atoms with van der Waals surface area (Å²) in [6.07, 6.45) is 4.55. The van der Waals surface area contributed by atoms with E-state index < -0.39 is 5.60 Å². The van der Waals surface area contributed by atoms with Crippen LogP contribution in [0.3, 0.4) is 0 Å². The maximum Gasteiger partial charge on any atom is 0.414 e. The highest BCUT2D eigenvalue weighted by Gasteiger charge is 2.24. The Balaban J connectivity index is 1.48. The van der Waals surface area contributed by atoms with Crippen LogP contribution in [0.1, 0.15) is 39.7 Å². The average molecular weight is 412 g/mol. The van der Waals surface area contributed by atoms with Crippen LogP contribution in [-0.2, 0) is 11.3 Å². The fourth-order valence-electron chi connectivity index (χ4n) is 3.61. The highest BCUT2D eigenvalue weighted by atomic mass is 16.6. The van der Waals surface area contributed by atoms with Crippen LogP contribution in [-0.4, -0.2) is 47.8 Å². The summed E-state index contributed by atoms with van der Waals surface area (Å²) in [5.41, 5.74) is 1.54. The number of hydrogen-bond donors (Lipinski definition) is 0. The monoisotopic (exact) mass is 411 g/mol. The lowest BCUT2D eigenvalue weighted by atomic mass is 10.1. The molecule has 0 aliphatic carbocycles. The van der Waals surface area contributed by atoms with Crippen molar-refractivity contribution in [1.82, 2.24) is 9.88 Å². The number of amides is 1. The van der Waals surface area contributed by atoms with E-state index in [4.69, 9.17) is 9.47 Å². The number of pyridine rings is 1. The second kappa shape index (κ2) is 9.94. The summed E-state index contributed by atoms with van der Waals surface area (Å²) in [5, 5.41) is 0. The van der Waals surface area contributed by atoms with Gasteiger partial charge in [-0.15, -0.1) is 0 Å². The van der Waals surface area contributed by atoms with Crippen LogP contribution < -0.4 is 9.64 Å². The lowest BCUT2D eigenvalue weighted by molar-refractivity contribution is 0.0582. The molecular weight excluding hydrogens is 378 g/mol. The SMILES string of the molecule is CCN(C(=O)OC(C)(C)C)c1ccc(OC[C@@H]2CCN(Cc3cccnc3)C2)cc1. The molecule has 1 aliphatic heterocycles. The van der Waals surface area contributed by atoms with Crippen molar-refractivity contribution in [2.24, 2.45) is 5.92 Å². The molecule has 0 spiro atoms. The molecule has 162 valence electrons. The third-order valence-electron chi connectivity index (χ3n) is 5.06. The Kier molecular flexibility index (Phi) is 7.32. The van der Waals surface area contributed by atoms with Crippen molar-refractivity contribution >= 4 is 11.8 Å². The molecule has 1 aliphatic rings. The van der Waals surface area contributed by atoms with Gasteiger partial charge in [-0.1, -0.05) is 6.07 Å². The first-order valence-electron chi connectivity index (χ1n) is 10.7. The first-order valence-corrected chi connectivity index (χ1v) is 10.7. The number of aromatic nitrogens is 1. The molecule has 2 aromatic rings. The van der Waals surface area contributed by atoms with E-state index in [-0.39, 0.29) is 6.09 Å². The van der Waals surface area contributed by atoms with Gasteiger partial charge in [-0.25, -0.2) is 4.79 Å². The van der Waals surface area contributed by atoms with Gasteiger partial charge in [-0.05, 0) is 76.6 Å². The minimum absolute atomic E-state index is 0.335. The van der Waals surface area contributed by atoms with E-state index in [0.29, 0.717) is 19.1 Å². The summed E-state index contributed by atoms with van der Waals surface area (Å²) in [7, 11) is 0. The Hall–Kier alpha value is -2.60. The molecule has 1 fully saturated rings. The van der Waals surface area contributed by atoms with Crippen LogP contribution in [0.25, 0.3) is 0 Å². The van der Waals surface area contributed by atoms with Gasteiger partial charge in [0.05, 0.1) is 6.61 Å². The molecule has 1 amide bonds. The van der Waals surface area contributed by atoms with E-state index in [0.717, 1.165) is 37.5 Å². The predicted octanol–water partition coefficient (Wildman–Crippen LogP) is 4.74. The maximum atomic E-state index is 12.4. The average Bonchev–Trinajstić information content (AvgIpc) is 3.14. The third-order valence-corrected chi connectivity index (χ3v) is 5.06. The van der Waals surface area contributed by atoms with Crippen molar-refractivity contribution in [2.45, 2.75) is 46.3 Å². The first kappa shape index (κ1) is 22.1. The van der Waals surface area contributed by atoms with E-state index in [1.54, 1.807) is 4.90 Å². The number of carbonyl (C=O) groups excluding carboxylic acids is 1. The molecule has 6 nitrogen and oxygen atoms in total. The van der Waals surface area contributed by atoms with Crippen LogP contribution in [0.15, 0.2) is 48.8 Å². The fourth-order valence-corrected chi connectivity index (χ4v) is 3.61. The van der Waals surface area contributed by atoms with Crippen LogP contribution in [0.2, 0.25) is 0 Å². The molecule has 0 unspecified atom stereocenters. The summed E-state index contributed by atoms with van der Waals surface area (Å²) in [6.45, 7) is 11.9. The van der Waals surface area contributed by atoms with Gasteiger partial charge >= 0.3 is 6.09 Å². The van der Waals surface area contributed by atoms with Crippen LogP contribution in [0.5, 0.6) is 5.75 Å². The number of carbonyl (C=O) groups is 1. The van der Waals surface area contributed by atoms with Crippen molar-refractivity contribution in [3.8, 4) is 5.75 Å². The number of hydrogen-bond acceptors (Lipinski definition) is 5. The summed E-state index contributed by atoms with van der Waals surface area (Å²) in [6, 6.07) is 11.8. The van der Waals surface area contributed by atoms with Gasteiger partial charge in [0.25, 0.3) is 0 Å². The molecule has 1 atom stereocenters. The van der Waals surface area contributed by atoms with Crippen molar-refractivity contribution in [3.63, 3.8) is 0 Å². The predicted molar refractivity (Wildman–Crippen MR) is 119 cm³/mol. The topological polar surface area (TPSA) is 54.9 Å². The first-order chi connectivity index (χ1) is 14.3. The number of ether oxygens (including phenoxy) is 2. The molecule has 1 aromatic heterocycles. The van der Waals surface area contributed by atoms with Gasteiger partial charge in [0.15, 0.2) is 0 Å². The van der Waals surface area contributed by atoms with Gasteiger partial charge in [0.1, 0.15) is 11.4 Å². The van der Waals surface area contributed by atoms with E-state index in [9.17, 15) is 4.79 Å². The zero-order valence-corrected chi connectivity index (χ0v) is 18.5. The van der Waals surface area contributed by atoms with Gasteiger partial charge in [-0.3, -0.25) is 14.8 Å². The molecular formula is C24H33N3O3. The lowest BCUT2D eigenvalue weighted by Crippen LogP contribution is -2.36. The normalized spacial score (nSPS) is 17.0. The third kappa shape index (κ3) is 6.46. The van der Waals surface area contributed by atoms with Crippen LogP contribution in [0, 0.1) is 5.92 Å². The molecule has 2 heterocycles. The van der Waals surface area contributed by atoms with E-state index in [2.05, 4.69) is 16.0 Å². The Labute approximate surface area is 179 Å². The Bertz CT molecular complexity index is 803. The summed E-state index contributed by atoms with van der Waals surface area (Å²) in [4.78, 5) is 20.7. The van der Waals surface area contributed by atoms with Crippen molar-refractivity contribution in [3.05, 3.63) is 54.4 Å². The zero-order chi connectivity index (χ0) is 21.6. The van der Waals surface area contributed by atoms with E-state index in [1.165, 1.54) is 5.56 Å². The molecule has 6 heteroatoms. The van der Waals surface area contributed by atoms with Crippen molar-refractivity contribution in [1.29, 1.82) is 0 Å².